The van der Waals surface area contributed by atoms with Crippen LogP contribution in [-0.2, 0) is 30.7 Å². The van der Waals surface area contributed by atoms with E-state index in [-0.39, 0.29) is 32.6 Å². The number of carbonyl (C=O) groups is 2. The van der Waals surface area contributed by atoms with Crippen molar-refractivity contribution >= 4 is 11.6 Å². The van der Waals surface area contributed by atoms with Crippen LogP contribution in [0.3, 0.4) is 0 Å². The molecule has 5 nitrogen and oxygen atoms in total. The minimum absolute atomic E-state index is 0. The Morgan fingerprint density at radius 2 is 1.41 bits per heavy atom. The maximum absolute atomic E-state index is 12.9. The van der Waals surface area contributed by atoms with Crippen LogP contribution in [0.25, 0.3) is 0 Å². The first-order chi connectivity index (χ1) is 11.9. The zero-order valence-electron chi connectivity index (χ0n) is 16.0. The van der Waals surface area contributed by atoms with Gasteiger partial charge in [0.15, 0.2) is 0 Å². The second-order valence-electron chi connectivity index (χ2n) is 7.35. The summed E-state index contributed by atoms with van der Waals surface area (Å²) < 4.78 is 86.1. The van der Waals surface area contributed by atoms with Crippen LogP contribution in [0, 0.1) is 11.5 Å². The van der Waals surface area contributed by atoms with Crippen molar-refractivity contribution in [2.75, 3.05) is 0 Å². The Kier molecular flexibility index (Phi) is 13.4. The van der Waals surface area contributed by atoms with Gasteiger partial charge in [0.2, 0.25) is 5.78 Å². The predicted molar refractivity (Wildman–Crippen MR) is 87.5 cm³/mol. The molecule has 1 aliphatic rings. The van der Waals surface area contributed by atoms with Gasteiger partial charge in [-0.3, -0.25) is 9.59 Å². The quantitative estimate of drug-likeness (QED) is 0.285. The van der Waals surface area contributed by atoms with Crippen molar-refractivity contribution in [3.05, 3.63) is 6.04 Å². The van der Waals surface area contributed by atoms with Crippen LogP contribution in [-0.4, -0.2) is 41.1 Å². The first-order valence-electron chi connectivity index (χ1n) is 8.11. The third-order valence-corrected chi connectivity index (χ3v) is 3.97. The molecular formula is C16H26F7N2O3Pt-. The normalized spacial score (nSPS) is 18.6. The summed E-state index contributed by atoms with van der Waals surface area (Å²) in [5, 5.41) is 0. The van der Waals surface area contributed by atoms with Crippen LogP contribution >= 0.6 is 0 Å². The third kappa shape index (κ3) is 8.98. The molecule has 0 bridgehead atoms. The Morgan fingerprint density at radius 3 is 1.69 bits per heavy atom. The van der Waals surface area contributed by atoms with Crippen LogP contribution in [0.15, 0.2) is 0 Å². The van der Waals surface area contributed by atoms with Gasteiger partial charge in [0.25, 0.3) is 0 Å². The summed E-state index contributed by atoms with van der Waals surface area (Å²) >= 11 is 0. The molecule has 178 valence electrons. The zero-order valence-corrected chi connectivity index (χ0v) is 18.3. The van der Waals surface area contributed by atoms with Crippen LogP contribution in [0.5, 0.6) is 0 Å². The van der Waals surface area contributed by atoms with Crippen molar-refractivity contribution in [1.29, 1.82) is 0 Å². The molecule has 1 aliphatic carbocycles. The monoisotopic (exact) mass is 622 g/mol. The van der Waals surface area contributed by atoms with E-state index in [4.69, 9.17) is 11.5 Å². The molecule has 6 N–H and O–H groups in total. The molecule has 0 saturated heterocycles. The average molecular weight is 622 g/mol. The van der Waals surface area contributed by atoms with Crippen LogP contribution in [0.2, 0.25) is 0 Å². The summed E-state index contributed by atoms with van der Waals surface area (Å²) in [5.74, 6) is -16.4. The second kappa shape index (κ2) is 11.7. The van der Waals surface area contributed by atoms with Gasteiger partial charge in [-0.15, -0.1) is 6.04 Å². The van der Waals surface area contributed by atoms with Crippen molar-refractivity contribution in [1.82, 2.24) is 0 Å². The molecule has 1 atom stereocenters. The van der Waals surface area contributed by atoms with Gasteiger partial charge >= 0.3 is 18.0 Å². The summed E-state index contributed by atoms with van der Waals surface area (Å²) in [4.78, 5) is 22.1. The van der Waals surface area contributed by atoms with Crippen molar-refractivity contribution in [3.63, 3.8) is 0 Å². The smallest absolute Gasteiger partial charge is 0.460 e. The van der Waals surface area contributed by atoms with E-state index in [0.29, 0.717) is 0 Å². The number of ketones is 2. The number of hydrogen-bond acceptors (Lipinski definition) is 4. The molecule has 1 rings (SSSR count). The van der Waals surface area contributed by atoms with E-state index in [0.717, 1.165) is 18.9 Å². The van der Waals surface area contributed by atoms with E-state index < -0.39 is 41.4 Å². The van der Waals surface area contributed by atoms with Gasteiger partial charge in [-0.2, -0.15) is 37.2 Å². The number of hydrogen-bond donors (Lipinski definition) is 2. The molecule has 1 saturated carbocycles. The first kappa shape index (κ1) is 33.1. The van der Waals surface area contributed by atoms with Gasteiger partial charge in [-0.25, -0.2) is 6.04 Å². The fourth-order valence-corrected chi connectivity index (χ4v) is 1.94. The summed E-state index contributed by atoms with van der Waals surface area (Å²) in [6, 6.07) is 1.19. The van der Waals surface area contributed by atoms with Crippen LogP contribution in [0.1, 0.15) is 52.9 Å². The minimum atomic E-state index is -6.59. The van der Waals surface area contributed by atoms with Gasteiger partial charge in [-0.05, 0) is 0 Å². The first-order valence-corrected chi connectivity index (χ1v) is 8.11. The summed E-state index contributed by atoms with van der Waals surface area (Å²) in [5.41, 5.74) is 9.88. The molecule has 0 aromatic rings. The molecule has 0 aromatic heterocycles. The number of nitrogens with two attached hydrogens (primary N) is 2. The van der Waals surface area contributed by atoms with E-state index in [9.17, 15) is 40.3 Å². The minimum Gasteiger partial charge on any atom is -0.479 e. The predicted octanol–water partition coefficient (Wildman–Crippen LogP) is 2.94. The maximum atomic E-state index is 12.9. The molecule has 0 amide bonds. The van der Waals surface area contributed by atoms with Crippen molar-refractivity contribution < 1.29 is 66.9 Å². The van der Waals surface area contributed by atoms with Gasteiger partial charge in [-0.1, -0.05) is 40.0 Å². The standard InChI is InChI=1S/C10H11F7O2.C6H13N2.H2O.Pt/c1-7(2,3)5(18)4-6(19)8(11,12)9(13,14)10(15,16)17;7-5-3-1-2-4-6(5)8;;/h4H2,1-3H3;5H,1-4,7-8H2;1H2;/q;-1;;/t;5-;;/m.1../s1. The Bertz CT molecular complexity index is 528. The third-order valence-electron chi connectivity index (χ3n) is 3.97. The van der Waals surface area contributed by atoms with Crippen LogP contribution in [0.4, 0.5) is 30.7 Å². The Labute approximate surface area is 178 Å². The number of halogens is 7. The molecule has 0 aliphatic heterocycles. The van der Waals surface area contributed by atoms with Gasteiger partial charge in [0, 0.05) is 26.5 Å². The fraction of sp³-hybridized carbons (Fsp3) is 0.812. The second-order valence-corrected chi connectivity index (χ2v) is 7.35. The topological polar surface area (TPSA) is 118 Å². The van der Waals surface area contributed by atoms with Crippen molar-refractivity contribution in [3.8, 4) is 0 Å². The maximum Gasteiger partial charge on any atom is 0.460 e. The largest absolute Gasteiger partial charge is 0.479 e. The number of alkyl halides is 7. The van der Waals surface area contributed by atoms with Crippen molar-refractivity contribution in [2.24, 2.45) is 16.9 Å². The molecule has 0 aromatic carbocycles. The number of rotatable bonds is 4. The molecule has 1 fully saturated rings. The zero-order chi connectivity index (χ0) is 21.8. The van der Waals surface area contributed by atoms with E-state index in [1.807, 2.05) is 0 Å². The Morgan fingerprint density at radius 1 is 0.966 bits per heavy atom. The van der Waals surface area contributed by atoms with Gasteiger partial charge in [0.05, 0.1) is 6.42 Å². The molecule has 0 heterocycles. The number of carbonyl (C=O) groups excluding carboxylic acids is 2. The Balaban J connectivity index is -0.000000567. The van der Waals surface area contributed by atoms with E-state index in [1.165, 1.54) is 33.6 Å². The SMILES string of the molecule is CC(C)(C)C(=O)CC(=O)C(F)(F)C(F)(F)C(F)(F)F.N[C-]1CCCC[C@H]1N.O.[Pt]. The van der Waals surface area contributed by atoms with E-state index >= 15 is 0 Å². The summed E-state index contributed by atoms with van der Waals surface area (Å²) in [6.45, 7) is 3.63. The van der Waals surface area contributed by atoms with Crippen LogP contribution < -0.4 is 11.5 Å². The molecule has 29 heavy (non-hydrogen) atoms. The summed E-state index contributed by atoms with van der Waals surface area (Å²) in [6.07, 6.45) is -3.66. The molecule has 0 radical (unpaired) electrons. The van der Waals surface area contributed by atoms with Gasteiger partial charge in [0.1, 0.15) is 5.78 Å². The van der Waals surface area contributed by atoms with E-state index in [2.05, 4.69) is 0 Å². The molecule has 0 unspecified atom stereocenters. The van der Waals surface area contributed by atoms with Gasteiger partial charge < -0.3 is 16.9 Å². The number of Topliss-reactive ketones (excluding diaryl/α,β-unsaturated/α-hetero) is 2. The van der Waals surface area contributed by atoms with Crippen molar-refractivity contribution in [2.45, 2.75) is 76.9 Å². The molecule has 0 spiro atoms. The molecular weight excluding hydrogens is 596 g/mol. The Hall–Kier alpha value is -0.582. The average Bonchev–Trinajstić information content (AvgIpc) is 2.48. The van der Waals surface area contributed by atoms with E-state index in [1.54, 1.807) is 0 Å². The fourth-order valence-electron chi connectivity index (χ4n) is 1.94. The summed E-state index contributed by atoms with van der Waals surface area (Å²) in [7, 11) is 0. The molecule has 13 heteroatoms.